The van der Waals surface area contributed by atoms with Gasteiger partial charge in [0.25, 0.3) is 0 Å². The Balaban J connectivity index is 1.91. The quantitative estimate of drug-likeness (QED) is 0.810. The van der Waals surface area contributed by atoms with Crippen LogP contribution in [-0.2, 0) is 4.79 Å². The lowest BCUT2D eigenvalue weighted by atomic mass is 10.1. The molecule has 78 valence electrons. The number of carboxylic acid groups (broad SMARTS) is 1. The van der Waals surface area contributed by atoms with Crippen LogP contribution in [0.25, 0.3) is 0 Å². The second kappa shape index (κ2) is 3.40. The lowest BCUT2D eigenvalue weighted by molar-refractivity contribution is -0.143. The molecular formula is C9H11Cl2NO2. The van der Waals surface area contributed by atoms with Crippen molar-refractivity contribution in [3.8, 4) is 0 Å². The molecule has 2 rings (SSSR count). The summed E-state index contributed by atoms with van der Waals surface area (Å²) >= 11 is 11.0. The third kappa shape index (κ3) is 1.64. The third-order valence-corrected chi connectivity index (χ3v) is 3.45. The van der Waals surface area contributed by atoms with Crippen molar-refractivity contribution in [2.45, 2.75) is 6.42 Å². The van der Waals surface area contributed by atoms with Gasteiger partial charge < -0.3 is 5.11 Å². The summed E-state index contributed by atoms with van der Waals surface area (Å²) < 4.78 is 0.245. The summed E-state index contributed by atoms with van der Waals surface area (Å²) in [5.41, 5.74) is -0.452. The van der Waals surface area contributed by atoms with Gasteiger partial charge in [0, 0.05) is 19.6 Å². The molecule has 0 aromatic carbocycles. The van der Waals surface area contributed by atoms with E-state index in [0.717, 1.165) is 13.0 Å². The molecule has 3 nitrogen and oxygen atoms in total. The molecule has 0 bridgehead atoms. The zero-order chi connectivity index (χ0) is 10.3. The van der Waals surface area contributed by atoms with E-state index in [1.54, 1.807) is 6.08 Å². The van der Waals surface area contributed by atoms with E-state index < -0.39 is 11.4 Å². The molecule has 1 saturated carbocycles. The zero-order valence-electron chi connectivity index (χ0n) is 7.54. The summed E-state index contributed by atoms with van der Waals surface area (Å²) in [6.07, 6.45) is 2.53. The van der Waals surface area contributed by atoms with E-state index in [4.69, 9.17) is 28.3 Å². The van der Waals surface area contributed by atoms with Crippen molar-refractivity contribution in [1.29, 1.82) is 0 Å². The molecule has 0 aromatic rings. The lowest BCUT2D eigenvalue weighted by Crippen LogP contribution is -2.28. The Morgan fingerprint density at radius 2 is 2.36 bits per heavy atom. The van der Waals surface area contributed by atoms with E-state index in [1.165, 1.54) is 0 Å². The number of carboxylic acids is 1. The van der Waals surface area contributed by atoms with Gasteiger partial charge in [-0.25, -0.2) is 0 Å². The van der Waals surface area contributed by atoms with Crippen LogP contribution in [0.4, 0.5) is 0 Å². The Hall–Kier alpha value is -0.250. The van der Waals surface area contributed by atoms with Crippen LogP contribution in [0.15, 0.2) is 10.6 Å². The highest BCUT2D eigenvalue weighted by Crippen LogP contribution is 2.57. The Kier molecular flexibility index (Phi) is 2.50. The van der Waals surface area contributed by atoms with Crippen LogP contribution < -0.4 is 0 Å². The summed E-state index contributed by atoms with van der Waals surface area (Å²) in [6, 6.07) is 0. The molecule has 0 amide bonds. The fourth-order valence-corrected chi connectivity index (χ4v) is 2.39. The Labute approximate surface area is 92.3 Å². The van der Waals surface area contributed by atoms with E-state index in [-0.39, 0.29) is 4.49 Å². The van der Waals surface area contributed by atoms with Gasteiger partial charge in [-0.3, -0.25) is 9.69 Å². The van der Waals surface area contributed by atoms with Crippen molar-refractivity contribution in [3.05, 3.63) is 10.6 Å². The highest BCUT2D eigenvalue weighted by atomic mass is 35.5. The predicted molar refractivity (Wildman–Crippen MR) is 54.4 cm³/mol. The molecule has 1 N–H and O–H groups in total. The molecule has 2 unspecified atom stereocenters. The van der Waals surface area contributed by atoms with Crippen molar-refractivity contribution in [1.82, 2.24) is 4.90 Å². The van der Waals surface area contributed by atoms with E-state index in [9.17, 15) is 4.79 Å². The summed E-state index contributed by atoms with van der Waals surface area (Å²) in [7, 11) is 0. The van der Waals surface area contributed by atoms with Crippen molar-refractivity contribution in [3.63, 3.8) is 0 Å². The highest BCUT2D eigenvalue weighted by Gasteiger charge is 2.65. The Morgan fingerprint density at radius 3 is 2.86 bits per heavy atom. The first kappa shape index (κ1) is 10.3. The van der Waals surface area contributed by atoms with Crippen LogP contribution >= 0.6 is 23.2 Å². The van der Waals surface area contributed by atoms with Crippen molar-refractivity contribution >= 4 is 29.2 Å². The van der Waals surface area contributed by atoms with Gasteiger partial charge in [0.2, 0.25) is 0 Å². The summed E-state index contributed by atoms with van der Waals surface area (Å²) in [5, 5.41) is 9.02. The number of rotatable bonds is 3. The molecule has 1 aliphatic carbocycles. The number of hydrogen-bond donors (Lipinski definition) is 1. The molecule has 2 atom stereocenters. The van der Waals surface area contributed by atoms with Gasteiger partial charge in [-0.1, -0.05) is 23.2 Å². The van der Waals surface area contributed by atoms with Crippen molar-refractivity contribution in [2.75, 3.05) is 19.6 Å². The maximum atomic E-state index is 11.0. The zero-order valence-corrected chi connectivity index (χ0v) is 9.05. The first-order valence-corrected chi connectivity index (χ1v) is 5.27. The minimum absolute atomic E-state index is 0.245. The maximum Gasteiger partial charge on any atom is 0.311 e. The van der Waals surface area contributed by atoms with Crippen LogP contribution in [-0.4, -0.2) is 35.6 Å². The smallest absolute Gasteiger partial charge is 0.311 e. The van der Waals surface area contributed by atoms with E-state index >= 15 is 0 Å². The standard InChI is InChI=1S/C9H11Cl2NO2/c10-7(11)1-2-12-4-6-3-9(6,5-12)8(13)14/h1,6H,2-5H2,(H,13,14). The summed E-state index contributed by atoms with van der Waals surface area (Å²) in [5.74, 6) is -0.326. The van der Waals surface area contributed by atoms with Gasteiger partial charge in [0.05, 0.1) is 5.41 Å². The van der Waals surface area contributed by atoms with Gasteiger partial charge in [-0.2, -0.15) is 0 Å². The van der Waals surface area contributed by atoms with E-state index in [0.29, 0.717) is 19.0 Å². The normalized spacial score (nSPS) is 35.1. The number of likely N-dealkylation sites (tertiary alicyclic amines) is 1. The third-order valence-electron chi connectivity index (χ3n) is 3.15. The van der Waals surface area contributed by atoms with Crippen molar-refractivity contribution in [2.24, 2.45) is 11.3 Å². The van der Waals surface area contributed by atoms with E-state index in [1.807, 2.05) is 0 Å². The average Bonchev–Trinajstić information content (AvgIpc) is 2.67. The van der Waals surface area contributed by atoms with Gasteiger partial charge in [-0.05, 0) is 18.4 Å². The number of halogens is 2. The Bertz CT molecular complexity index is 301. The lowest BCUT2D eigenvalue weighted by Gasteiger charge is -2.16. The minimum Gasteiger partial charge on any atom is -0.481 e. The van der Waals surface area contributed by atoms with Gasteiger partial charge in [0.15, 0.2) is 0 Å². The van der Waals surface area contributed by atoms with Crippen LogP contribution in [0.3, 0.4) is 0 Å². The molecule has 14 heavy (non-hydrogen) atoms. The van der Waals surface area contributed by atoms with Gasteiger partial charge in [-0.15, -0.1) is 0 Å². The fourth-order valence-electron chi connectivity index (χ4n) is 2.26. The molecule has 2 aliphatic rings. The average molecular weight is 236 g/mol. The molecule has 1 heterocycles. The molecule has 1 saturated heterocycles. The Morgan fingerprint density at radius 1 is 1.64 bits per heavy atom. The van der Waals surface area contributed by atoms with Crippen molar-refractivity contribution < 1.29 is 9.90 Å². The number of aliphatic carboxylic acids is 1. The number of nitrogens with zero attached hydrogens (tertiary/aromatic N) is 1. The maximum absolute atomic E-state index is 11.0. The highest BCUT2D eigenvalue weighted by molar-refractivity contribution is 6.55. The summed E-state index contributed by atoms with van der Waals surface area (Å²) in [6.45, 7) is 2.13. The topological polar surface area (TPSA) is 40.5 Å². The summed E-state index contributed by atoms with van der Waals surface area (Å²) in [4.78, 5) is 13.0. The number of hydrogen-bond acceptors (Lipinski definition) is 2. The predicted octanol–water partition coefficient (Wildman–Crippen LogP) is 1.71. The van der Waals surface area contributed by atoms with Crippen LogP contribution in [0, 0.1) is 11.3 Å². The first-order valence-electron chi connectivity index (χ1n) is 4.51. The SMILES string of the molecule is O=C(O)C12CC1CN(CC=C(Cl)Cl)C2. The van der Waals surface area contributed by atoms with Crippen LogP contribution in [0.2, 0.25) is 0 Å². The monoisotopic (exact) mass is 235 g/mol. The molecule has 2 fully saturated rings. The van der Waals surface area contributed by atoms with Crippen LogP contribution in [0.1, 0.15) is 6.42 Å². The molecular weight excluding hydrogens is 225 g/mol. The second-order valence-corrected chi connectivity index (χ2v) is 5.06. The first-order chi connectivity index (χ1) is 6.54. The molecule has 0 radical (unpaired) electrons. The van der Waals surface area contributed by atoms with E-state index in [2.05, 4.69) is 4.90 Å². The number of fused-ring (bicyclic) bond motifs is 1. The van der Waals surface area contributed by atoms with Gasteiger partial charge >= 0.3 is 5.97 Å². The molecule has 0 aromatic heterocycles. The molecule has 0 spiro atoms. The van der Waals surface area contributed by atoms with Crippen LogP contribution in [0.5, 0.6) is 0 Å². The molecule has 1 aliphatic heterocycles. The second-order valence-electron chi connectivity index (χ2n) is 4.05. The largest absolute Gasteiger partial charge is 0.481 e. The fraction of sp³-hybridized carbons (Fsp3) is 0.667. The molecule has 5 heteroatoms. The van der Waals surface area contributed by atoms with Gasteiger partial charge in [0.1, 0.15) is 4.49 Å². The number of piperidine rings is 1. The number of carbonyl (C=O) groups is 1. The minimum atomic E-state index is -0.661.